The van der Waals surface area contributed by atoms with Crippen molar-refractivity contribution in [2.75, 3.05) is 22.7 Å². The molecular formula is C11H13NO5S2. The van der Waals surface area contributed by atoms with E-state index in [9.17, 15) is 16.8 Å². The van der Waals surface area contributed by atoms with Crippen LogP contribution < -0.4 is 4.72 Å². The smallest absolute Gasteiger partial charge is 0.247 e. The first-order valence-electron chi connectivity index (χ1n) is 5.10. The molecule has 0 radical (unpaired) electrons. The molecule has 0 unspecified atom stereocenters. The van der Waals surface area contributed by atoms with E-state index in [0.717, 1.165) is 6.26 Å². The van der Waals surface area contributed by atoms with Gasteiger partial charge in [-0.25, -0.2) is 16.8 Å². The van der Waals surface area contributed by atoms with Crippen molar-refractivity contribution in [3.05, 3.63) is 29.8 Å². The highest BCUT2D eigenvalue weighted by atomic mass is 32.3. The zero-order valence-electron chi connectivity index (χ0n) is 10.1. The molecule has 8 heteroatoms. The van der Waals surface area contributed by atoms with Crippen LogP contribution >= 0.6 is 0 Å². The average molecular weight is 303 g/mol. The molecule has 6 nitrogen and oxygen atoms in total. The number of aliphatic hydroxyl groups excluding tert-OH is 1. The Hall–Kier alpha value is -1.56. The largest absolute Gasteiger partial charge is 0.384 e. The van der Waals surface area contributed by atoms with Crippen LogP contribution in [0.1, 0.15) is 5.56 Å². The van der Waals surface area contributed by atoms with Crippen LogP contribution in [0.2, 0.25) is 0 Å². The SMILES string of the molecule is CS(=O)(=O)CS(=O)(=O)Nc1ccccc1C#CCO. The van der Waals surface area contributed by atoms with Crippen LogP contribution in [0, 0.1) is 11.8 Å². The molecule has 0 bridgehead atoms. The molecule has 0 atom stereocenters. The molecule has 1 aromatic rings. The van der Waals surface area contributed by atoms with Crippen molar-refractivity contribution in [3.63, 3.8) is 0 Å². The first-order valence-corrected chi connectivity index (χ1v) is 8.82. The van der Waals surface area contributed by atoms with Crippen molar-refractivity contribution < 1.29 is 21.9 Å². The monoisotopic (exact) mass is 303 g/mol. The Morgan fingerprint density at radius 3 is 2.42 bits per heavy atom. The third kappa shape index (κ3) is 5.74. The average Bonchev–Trinajstić information content (AvgIpc) is 2.24. The number of benzene rings is 1. The van der Waals surface area contributed by atoms with Gasteiger partial charge in [0, 0.05) is 11.8 Å². The fourth-order valence-corrected chi connectivity index (χ4v) is 4.30. The molecule has 0 fully saturated rings. The molecule has 1 aromatic carbocycles. The zero-order valence-corrected chi connectivity index (χ0v) is 11.8. The van der Waals surface area contributed by atoms with Crippen molar-refractivity contribution in [3.8, 4) is 11.8 Å². The minimum Gasteiger partial charge on any atom is -0.384 e. The highest BCUT2D eigenvalue weighted by molar-refractivity contribution is 8.08. The van der Waals surface area contributed by atoms with Crippen LogP contribution in [-0.4, -0.2) is 39.9 Å². The summed E-state index contributed by atoms with van der Waals surface area (Å²) < 4.78 is 47.5. The van der Waals surface area contributed by atoms with Crippen LogP contribution in [0.3, 0.4) is 0 Å². The second kappa shape index (κ2) is 6.06. The van der Waals surface area contributed by atoms with Crippen LogP contribution in [0.4, 0.5) is 5.69 Å². The minimum absolute atomic E-state index is 0.173. The summed E-state index contributed by atoms with van der Waals surface area (Å²) in [7, 11) is -7.67. The third-order valence-electron chi connectivity index (χ3n) is 1.86. The number of rotatable bonds is 4. The molecule has 0 heterocycles. The molecule has 0 saturated carbocycles. The highest BCUT2D eigenvalue weighted by Gasteiger charge is 2.18. The summed E-state index contributed by atoms with van der Waals surface area (Å²) in [6, 6.07) is 6.25. The second-order valence-corrected chi connectivity index (χ2v) is 7.99. The molecule has 0 aromatic heterocycles. The lowest BCUT2D eigenvalue weighted by Crippen LogP contribution is -2.22. The standard InChI is InChI=1S/C11H13NO5S2/c1-18(14,15)9-19(16,17)12-11-7-3-2-5-10(11)6-4-8-13/h2-3,5,7,12-13H,8-9H2,1H3. The highest BCUT2D eigenvalue weighted by Crippen LogP contribution is 2.15. The van der Waals surface area contributed by atoms with Gasteiger partial charge >= 0.3 is 0 Å². The molecule has 1 rings (SSSR count). The van der Waals surface area contributed by atoms with E-state index in [4.69, 9.17) is 5.11 Å². The lowest BCUT2D eigenvalue weighted by Gasteiger charge is -2.08. The summed E-state index contributed by atoms with van der Waals surface area (Å²) in [5, 5.41) is 7.61. The molecule has 0 aliphatic rings. The predicted octanol–water partition coefficient (Wildman–Crippen LogP) is -0.226. The minimum atomic E-state index is -4.01. The Labute approximate surface area is 112 Å². The number of anilines is 1. The van der Waals surface area contributed by atoms with Crippen LogP contribution in [0.25, 0.3) is 0 Å². The van der Waals surface area contributed by atoms with Crippen molar-refractivity contribution in [2.45, 2.75) is 0 Å². The number of aliphatic hydroxyl groups is 1. The molecule has 2 N–H and O–H groups in total. The number of nitrogens with one attached hydrogen (secondary N) is 1. The quantitative estimate of drug-likeness (QED) is 0.749. The van der Waals surface area contributed by atoms with Crippen LogP contribution in [-0.2, 0) is 19.9 Å². The van der Waals surface area contributed by atoms with Gasteiger partial charge in [0.05, 0.1) is 5.69 Å². The summed E-state index contributed by atoms with van der Waals surface area (Å²) in [5.41, 5.74) is 0.528. The molecule has 0 spiro atoms. The zero-order chi connectivity index (χ0) is 14.5. The number of hydrogen-bond donors (Lipinski definition) is 2. The van der Waals surface area contributed by atoms with E-state index < -0.39 is 24.9 Å². The van der Waals surface area contributed by atoms with E-state index in [-0.39, 0.29) is 12.3 Å². The summed E-state index contributed by atoms with van der Waals surface area (Å²) in [6.45, 7) is -0.357. The van der Waals surface area contributed by atoms with Crippen molar-refractivity contribution in [1.82, 2.24) is 0 Å². The molecule has 0 saturated heterocycles. The van der Waals surface area contributed by atoms with E-state index >= 15 is 0 Å². The summed E-state index contributed by atoms with van der Waals surface area (Å²) in [6.07, 6.45) is 0.837. The van der Waals surface area contributed by atoms with Gasteiger partial charge in [-0.1, -0.05) is 24.0 Å². The Balaban J connectivity index is 3.06. The number of sulfone groups is 1. The van der Waals surface area contributed by atoms with Gasteiger partial charge in [0.15, 0.2) is 14.9 Å². The Morgan fingerprint density at radius 1 is 1.21 bits per heavy atom. The van der Waals surface area contributed by atoms with Gasteiger partial charge < -0.3 is 5.11 Å². The van der Waals surface area contributed by atoms with Gasteiger partial charge in [-0.05, 0) is 12.1 Å². The Bertz CT molecular complexity index is 711. The molecular weight excluding hydrogens is 290 g/mol. The molecule has 0 aliphatic carbocycles. The Morgan fingerprint density at radius 2 is 1.84 bits per heavy atom. The normalized spacial score (nSPS) is 11.5. The van der Waals surface area contributed by atoms with Gasteiger partial charge in [0.2, 0.25) is 10.0 Å². The topological polar surface area (TPSA) is 101 Å². The van der Waals surface area contributed by atoms with E-state index in [1.807, 2.05) is 0 Å². The Kier molecular flexibility index (Phi) is 4.94. The maximum Gasteiger partial charge on any atom is 0.247 e. The lowest BCUT2D eigenvalue weighted by atomic mass is 10.2. The van der Waals surface area contributed by atoms with Gasteiger partial charge in [0.1, 0.15) is 6.61 Å². The maximum absolute atomic E-state index is 11.7. The van der Waals surface area contributed by atoms with Crippen molar-refractivity contribution >= 4 is 25.5 Å². The molecule has 0 aliphatic heterocycles. The maximum atomic E-state index is 11.7. The van der Waals surface area contributed by atoms with Gasteiger partial charge in [0.25, 0.3) is 0 Å². The van der Waals surface area contributed by atoms with E-state index in [0.29, 0.717) is 5.56 Å². The second-order valence-electron chi connectivity index (χ2n) is 3.77. The summed E-state index contributed by atoms with van der Waals surface area (Å²) in [4.78, 5) is 0. The third-order valence-corrected chi connectivity index (χ3v) is 5.35. The van der Waals surface area contributed by atoms with E-state index in [2.05, 4.69) is 16.6 Å². The molecule has 19 heavy (non-hydrogen) atoms. The number of hydrogen-bond acceptors (Lipinski definition) is 5. The predicted molar refractivity (Wildman–Crippen MR) is 72.7 cm³/mol. The molecule has 0 amide bonds. The lowest BCUT2D eigenvalue weighted by molar-refractivity contribution is 0.350. The fourth-order valence-electron chi connectivity index (χ4n) is 1.29. The van der Waals surface area contributed by atoms with E-state index in [1.165, 1.54) is 6.07 Å². The van der Waals surface area contributed by atoms with E-state index in [1.54, 1.807) is 18.2 Å². The number of para-hydroxylation sites is 1. The van der Waals surface area contributed by atoms with Gasteiger partial charge in [-0.3, -0.25) is 4.72 Å². The van der Waals surface area contributed by atoms with Crippen molar-refractivity contribution in [1.29, 1.82) is 0 Å². The van der Waals surface area contributed by atoms with Crippen LogP contribution in [0.5, 0.6) is 0 Å². The first kappa shape index (κ1) is 15.5. The molecule has 104 valence electrons. The fraction of sp³-hybridized carbons (Fsp3) is 0.273. The van der Waals surface area contributed by atoms with Crippen LogP contribution in [0.15, 0.2) is 24.3 Å². The number of sulfonamides is 1. The van der Waals surface area contributed by atoms with Crippen molar-refractivity contribution in [2.24, 2.45) is 0 Å². The van der Waals surface area contributed by atoms with Gasteiger partial charge in [-0.2, -0.15) is 0 Å². The summed E-state index contributed by atoms with van der Waals surface area (Å²) in [5.74, 6) is 4.96. The van der Waals surface area contributed by atoms with Gasteiger partial charge in [-0.15, -0.1) is 0 Å². The first-order chi connectivity index (χ1) is 8.73. The summed E-state index contributed by atoms with van der Waals surface area (Å²) >= 11 is 0.